The summed E-state index contributed by atoms with van der Waals surface area (Å²) in [6, 6.07) is 4.62. The topological polar surface area (TPSA) is 40.5 Å². The molecule has 0 aromatic heterocycles. The Morgan fingerprint density at radius 3 is 2.67 bits per heavy atom. The first-order valence-corrected chi connectivity index (χ1v) is 6.18. The number of amides is 1. The Morgan fingerprint density at radius 2 is 2.06 bits per heavy atom. The average molecular weight is 253 g/mol. The van der Waals surface area contributed by atoms with Crippen LogP contribution in [0.15, 0.2) is 18.2 Å². The van der Waals surface area contributed by atoms with E-state index in [1.165, 1.54) is 17.0 Å². The van der Waals surface area contributed by atoms with E-state index in [2.05, 4.69) is 0 Å². The lowest BCUT2D eigenvalue weighted by molar-refractivity contribution is 0.0787. The first-order chi connectivity index (χ1) is 8.56. The van der Waals surface area contributed by atoms with Crippen LogP contribution in [0, 0.1) is 12.7 Å². The van der Waals surface area contributed by atoms with Crippen LogP contribution in [0.1, 0.15) is 35.2 Å². The third kappa shape index (κ3) is 4.11. The summed E-state index contributed by atoms with van der Waals surface area (Å²) in [6.07, 6.45) is 2.42. The highest BCUT2D eigenvalue weighted by molar-refractivity contribution is 5.94. The highest BCUT2D eigenvalue weighted by atomic mass is 19.1. The lowest BCUT2D eigenvalue weighted by Crippen LogP contribution is -2.28. The van der Waals surface area contributed by atoms with E-state index >= 15 is 0 Å². The molecule has 1 aromatic carbocycles. The maximum atomic E-state index is 13.6. The zero-order valence-electron chi connectivity index (χ0n) is 10.9. The Kier molecular flexibility index (Phi) is 5.78. The van der Waals surface area contributed by atoms with Gasteiger partial charge in [0.05, 0.1) is 5.56 Å². The molecular weight excluding hydrogens is 233 g/mol. The standard InChI is InChI=1S/C14H20FNO2/c1-11-6-7-12(13(15)10-11)14(18)16(2)8-4-3-5-9-17/h6-7,10,17H,3-5,8-9H2,1-2H3. The van der Waals surface area contributed by atoms with Crippen molar-refractivity contribution in [3.63, 3.8) is 0 Å². The fraction of sp³-hybridized carbons (Fsp3) is 0.500. The van der Waals surface area contributed by atoms with Crippen molar-refractivity contribution in [3.05, 3.63) is 35.1 Å². The number of rotatable bonds is 6. The van der Waals surface area contributed by atoms with Gasteiger partial charge in [-0.1, -0.05) is 6.07 Å². The largest absolute Gasteiger partial charge is 0.396 e. The number of unbranched alkanes of at least 4 members (excludes halogenated alkanes) is 2. The Hall–Kier alpha value is -1.42. The normalized spacial score (nSPS) is 10.4. The summed E-state index contributed by atoms with van der Waals surface area (Å²) in [4.78, 5) is 13.5. The fourth-order valence-corrected chi connectivity index (χ4v) is 1.74. The number of hydrogen-bond donors (Lipinski definition) is 1. The van der Waals surface area contributed by atoms with E-state index in [0.29, 0.717) is 6.54 Å². The van der Waals surface area contributed by atoms with Crippen LogP contribution in [0.25, 0.3) is 0 Å². The molecule has 0 aliphatic rings. The molecular formula is C14H20FNO2. The maximum Gasteiger partial charge on any atom is 0.256 e. The van der Waals surface area contributed by atoms with Crippen molar-refractivity contribution in [1.82, 2.24) is 4.90 Å². The second-order valence-electron chi connectivity index (χ2n) is 4.49. The Labute approximate surface area is 107 Å². The van der Waals surface area contributed by atoms with Crippen LogP contribution in [0.4, 0.5) is 4.39 Å². The predicted octanol–water partition coefficient (Wildman–Crippen LogP) is 2.37. The fourth-order valence-electron chi connectivity index (χ4n) is 1.74. The monoisotopic (exact) mass is 253 g/mol. The molecule has 0 unspecified atom stereocenters. The molecule has 1 amide bonds. The van der Waals surface area contributed by atoms with E-state index in [0.717, 1.165) is 24.8 Å². The van der Waals surface area contributed by atoms with Gasteiger partial charge in [-0.05, 0) is 43.9 Å². The van der Waals surface area contributed by atoms with Crippen molar-refractivity contribution in [2.75, 3.05) is 20.2 Å². The molecule has 1 N–H and O–H groups in total. The van der Waals surface area contributed by atoms with Crippen LogP contribution in [-0.2, 0) is 0 Å². The third-order valence-corrected chi connectivity index (χ3v) is 2.85. The summed E-state index contributed by atoms with van der Waals surface area (Å²) < 4.78 is 13.6. The predicted molar refractivity (Wildman–Crippen MR) is 69.0 cm³/mol. The highest BCUT2D eigenvalue weighted by Crippen LogP contribution is 2.12. The SMILES string of the molecule is Cc1ccc(C(=O)N(C)CCCCCO)c(F)c1. The maximum absolute atomic E-state index is 13.6. The molecule has 100 valence electrons. The zero-order valence-corrected chi connectivity index (χ0v) is 10.9. The molecule has 0 fully saturated rings. The van der Waals surface area contributed by atoms with Crippen LogP contribution in [0.5, 0.6) is 0 Å². The molecule has 0 aliphatic carbocycles. The van der Waals surface area contributed by atoms with E-state index < -0.39 is 5.82 Å². The molecule has 0 spiro atoms. The van der Waals surface area contributed by atoms with Crippen molar-refractivity contribution >= 4 is 5.91 Å². The molecule has 4 heteroatoms. The average Bonchev–Trinajstić information content (AvgIpc) is 2.33. The van der Waals surface area contributed by atoms with Crippen LogP contribution >= 0.6 is 0 Å². The molecule has 0 aliphatic heterocycles. The van der Waals surface area contributed by atoms with Crippen molar-refractivity contribution in [1.29, 1.82) is 0 Å². The van der Waals surface area contributed by atoms with Crippen LogP contribution in [-0.4, -0.2) is 36.1 Å². The van der Waals surface area contributed by atoms with Crippen LogP contribution in [0.3, 0.4) is 0 Å². The van der Waals surface area contributed by atoms with Gasteiger partial charge in [-0.25, -0.2) is 4.39 Å². The number of aliphatic hydroxyl groups is 1. The van der Waals surface area contributed by atoms with Gasteiger partial charge >= 0.3 is 0 Å². The second kappa shape index (κ2) is 7.11. The minimum Gasteiger partial charge on any atom is -0.396 e. The van der Waals surface area contributed by atoms with Gasteiger partial charge in [0.25, 0.3) is 5.91 Å². The smallest absolute Gasteiger partial charge is 0.256 e. The number of aliphatic hydroxyl groups excluding tert-OH is 1. The summed E-state index contributed by atoms with van der Waals surface area (Å²) in [5.41, 5.74) is 0.917. The van der Waals surface area contributed by atoms with Gasteiger partial charge in [0, 0.05) is 20.2 Å². The van der Waals surface area contributed by atoms with Crippen LogP contribution < -0.4 is 0 Å². The van der Waals surface area contributed by atoms with Gasteiger partial charge < -0.3 is 10.0 Å². The molecule has 3 nitrogen and oxygen atoms in total. The van der Waals surface area contributed by atoms with E-state index in [4.69, 9.17) is 5.11 Å². The van der Waals surface area contributed by atoms with Crippen molar-refractivity contribution in [3.8, 4) is 0 Å². The summed E-state index contributed by atoms with van der Waals surface area (Å²) in [6.45, 7) is 2.53. The van der Waals surface area contributed by atoms with Gasteiger partial charge in [-0.3, -0.25) is 4.79 Å². The first kappa shape index (κ1) is 14.6. The lowest BCUT2D eigenvalue weighted by atomic mass is 10.1. The number of aryl methyl sites for hydroxylation is 1. The summed E-state index contributed by atoms with van der Waals surface area (Å²) >= 11 is 0. The summed E-state index contributed by atoms with van der Waals surface area (Å²) in [5.74, 6) is -0.765. The van der Waals surface area contributed by atoms with Crippen LogP contribution in [0.2, 0.25) is 0 Å². The Bertz CT molecular complexity index is 407. The molecule has 1 aromatic rings. The van der Waals surface area contributed by atoms with Gasteiger partial charge in [-0.15, -0.1) is 0 Å². The quantitative estimate of drug-likeness (QED) is 0.791. The minimum atomic E-state index is -0.470. The van der Waals surface area contributed by atoms with Gasteiger partial charge in [0.2, 0.25) is 0 Å². The zero-order chi connectivity index (χ0) is 13.5. The minimum absolute atomic E-state index is 0.116. The number of benzene rings is 1. The van der Waals surface area contributed by atoms with Crippen molar-refractivity contribution in [2.45, 2.75) is 26.2 Å². The molecule has 1 rings (SSSR count). The molecule has 18 heavy (non-hydrogen) atoms. The van der Waals surface area contributed by atoms with Gasteiger partial charge in [-0.2, -0.15) is 0 Å². The van der Waals surface area contributed by atoms with E-state index in [9.17, 15) is 9.18 Å². The van der Waals surface area contributed by atoms with Crippen molar-refractivity contribution in [2.24, 2.45) is 0 Å². The summed E-state index contributed by atoms with van der Waals surface area (Å²) in [5, 5.41) is 8.65. The van der Waals surface area contributed by atoms with E-state index in [1.807, 2.05) is 0 Å². The van der Waals surface area contributed by atoms with Crippen molar-refractivity contribution < 1.29 is 14.3 Å². The molecule has 0 saturated carbocycles. The Morgan fingerprint density at radius 1 is 1.33 bits per heavy atom. The second-order valence-corrected chi connectivity index (χ2v) is 4.49. The first-order valence-electron chi connectivity index (χ1n) is 6.18. The van der Waals surface area contributed by atoms with Gasteiger partial charge in [0.1, 0.15) is 5.82 Å². The number of hydrogen-bond acceptors (Lipinski definition) is 2. The molecule has 0 saturated heterocycles. The van der Waals surface area contributed by atoms with E-state index in [-0.39, 0.29) is 18.1 Å². The molecule has 0 bridgehead atoms. The Balaban J connectivity index is 2.57. The molecule has 0 radical (unpaired) electrons. The number of carbonyl (C=O) groups excluding carboxylic acids is 1. The molecule has 0 atom stereocenters. The summed E-state index contributed by atoms with van der Waals surface area (Å²) in [7, 11) is 1.67. The number of halogens is 1. The lowest BCUT2D eigenvalue weighted by Gasteiger charge is -2.17. The number of nitrogens with zero attached hydrogens (tertiary/aromatic N) is 1. The highest BCUT2D eigenvalue weighted by Gasteiger charge is 2.15. The number of carbonyl (C=O) groups is 1. The molecule has 0 heterocycles. The van der Waals surface area contributed by atoms with Gasteiger partial charge in [0.15, 0.2) is 0 Å². The third-order valence-electron chi connectivity index (χ3n) is 2.85. The van der Waals surface area contributed by atoms with E-state index in [1.54, 1.807) is 20.0 Å².